The third kappa shape index (κ3) is 4.12. The average molecular weight is 288 g/mol. The molecule has 0 aliphatic rings. The Kier molecular flexibility index (Phi) is 5.44. The first kappa shape index (κ1) is 11.0. The van der Waals surface area contributed by atoms with E-state index in [-0.39, 0.29) is 0 Å². The minimum Gasteiger partial charge on any atom is -0.0864 e. The summed E-state index contributed by atoms with van der Waals surface area (Å²) in [5, 5.41) is 0. The number of alkyl halides is 1. The van der Waals surface area contributed by atoms with E-state index in [1.165, 1.54) is 29.3 Å². The van der Waals surface area contributed by atoms with E-state index in [2.05, 4.69) is 59.8 Å². The van der Waals surface area contributed by atoms with Crippen molar-refractivity contribution in [2.75, 3.05) is 4.43 Å². The van der Waals surface area contributed by atoms with E-state index in [1.54, 1.807) is 0 Å². The SMILES string of the molecule is CC(CCCCI)c1ccccc1. The van der Waals surface area contributed by atoms with Gasteiger partial charge in [-0.05, 0) is 28.8 Å². The lowest BCUT2D eigenvalue weighted by Crippen LogP contribution is -1.93. The molecule has 1 aromatic carbocycles. The van der Waals surface area contributed by atoms with Crippen molar-refractivity contribution in [3.8, 4) is 0 Å². The highest BCUT2D eigenvalue weighted by molar-refractivity contribution is 14.1. The van der Waals surface area contributed by atoms with Gasteiger partial charge in [0, 0.05) is 0 Å². The molecule has 0 N–H and O–H groups in total. The maximum absolute atomic E-state index is 2.45. The van der Waals surface area contributed by atoms with Crippen LogP contribution >= 0.6 is 22.6 Å². The molecule has 1 rings (SSSR count). The van der Waals surface area contributed by atoms with Crippen LogP contribution in [0.3, 0.4) is 0 Å². The van der Waals surface area contributed by atoms with Gasteiger partial charge < -0.3 is 0 Å². The number of hydrogen-bond acceptors (Lipinski definition) is 0. The Labute approximate surface area is 94.9 Å². The maximum Gasteiger partial charge on any atom is -0.000472 e. The average Bonchev–Trinajstić information content (AvgIpc) is 2.19. The van der Waals surface area contributed by atoms with Crippen molar-refractivity contribution in [1.82, 2.24) is 0 Å². The van der Waals surface area contributed by atoms with Gasteiger partial charge in [-0.3, -0.25) is 0 Å². The van der Waals surface area contributed by atoms with Crippen LogP contribution in [-0.4, -0.2) is 4.43 Å². The topological polar surface area (TPSA) is 0 Å². The molecule has 1 aromatic rings. The summed E-state index contributed by atoms with van der Waals surface area (Å²) in [4.78, 5) is 0. The van der Waals surface area contributed by atoms with Crippen LogP contribution in [0.15, 0.2) is 30.3 Å². The van der Waals surface area contributed by atoms with Crippen molar-refractivity contribution in [3.05, 3.63) is 35.9 Å². The molecule has 0 fully saturated rings. The molecule has 0 aromatic heterocycles. The van der Waals surface area contributed by atoms with Crippen molar-refractivity contribution in [2.24, 2.45) is 0 Å². The Hall–Kier alpha value is -0.0500. The molecule has 0 radical (unpaired) electrons. The summed E-state index contributed by atoms with van der Waals surface area (Å²) in [6.07, 6.45) is 4.05. The summed E-state index contributed by atoms with van der Waals surface area (Å²) < 4.78 is 1.29. The first-order chi connectivity index (χ1) is 6.34. The minimum atomic E-state index is 0.726. The number of unbranched alkanes of at least 4 members (excludes halogenated alkanes) is 1. The van der Waals surface area contributed by atoms with Gasteiger partial charge in [-0.1, -0.05) is 66.3 Å². The molecule has 72 valence electrons. The molecule has 1 atom stereocenters. The summed E-state index contributed by atoms with van der Waals surface area (Å²) in [7, 11) is 0. The fourth-order valence-electron chi connectivity index (χ4n) is 1.49. The van der Waals surface area contributed by atoms with Crippen LogP contribution in [-0.2, 0) is 0 Å². The number of benzene rings is 1. The highest BCUT2D eigenvalue weighted by Crippen LogP contribution is 2.20. The summed E-state index contributed by atoms with van der Waals surface area (Å²) in [6.45, 7) is 2.32. The number of halogens is 1. The summed E-state index contributed by atoms with van der Waals surface area (Å²) >= 11 is 2.45. The Balaban J connectivity index is 2.35. The quantitative estimate of drug-likeness (QED) is 0.428. The highest BCUT2D eigenvalue weighted by Gasteiger charge is 2.03. The molecule has 1 unspecified atom stereocenters. The van der Waals surface area contributed by atoms with Gasteiger partial charge in [0.15, 0.2) is 0 Å². The lowest BCUT2D eigenvalue weighted by Gasteiger charge is -2.10. The molecule has 0 saturated heterocycles. The lowest BCUT2D eigenvalue weighted by molar-refractivity contribution is 0.629. The van der Waals surface area contributed by atoms with Crippen molar-refractivity contribution in [1.29, 1.82) is 0 Å². The molecular formula is C12H17I. The normalized spacial score (nSPS) is 12.8. The van der Waals surface area contributed by atoms with Crippen LogP contribution in [0.1, 0.15) is 37.7 Å². The third-order valence-electron chi connectivity index (χ3n) is 2.39. The zero-order valence-corrected chi connectivity index (χ0v) is 10.3. The summed E-state index contributed by atoms with van der Waals surface area (Å²) in [6, 6.07) is 10.8. The monoisotopic (exact) mass is 288 g/mol. The molecule has 0 nitrogen and oxygen atoms in total. The smallest absolute Gasteiger partial charge is 0.000472 e. The van der Waals surface area contributed by atoms with Gasteiger partial charge in [-0.2, -0.15) is 0 Å². The molecule has 1 heteroatoms. The zero-order valence-electron chi connectivity index (χ0n) is 8.17. The number of hydrogen-bond donors (Lipinski definition) is 0. The van der Waals surface area contributed by atoms with Crippen LogP contribution in [0, 0.1) is 0 Å². The van der Waals surface area contributed by atoms with Crippen molar-refractivity contribution in [3.63, 3.8) is 0 Å². The fourth-order valence-corrected chi connectivity index (χ4v) is 2.03. The van der Waals surface area contributed by atoms with Crippen LogP contribution in [0.5, 0.6) is 0 Å². The van der Waals surface area contributed by atoms with Gasteiger partial charge in [0.25, 0.3) is 0 Å². The Bertz CT molecular complexity index is 218. The van der Waals surface area contributed by atoms with E-state index in [0.29, 0.717) is 0 Å². The van der Waals surface area contributed by atoms with E-state index in [0.717, 1.165) is 5.92 Å². The Morgan fingerprint density at radius 1 is 1.15 bits per heavy atom. The second-order valence-electron chi connectivity index (χ2n) is 3.50. The van der Waals surface area contributed by atoms with E-state index < -0.39 is 0 Å². The van der Waals surface area contributed by atoms with Gasteiger partial charge in [-0.25, -0.2) is 0 Å². The van der Waals surface area contributed by atoms with Crippen LogP contribution in [0.4, 0.5) is 0 Å². The molecule has 0 spiro atoms. The van der Waals surface area contributed by atoms with E-state index >= 15 is 0 Å². The first-order valence-electron chi connectivity index (χ1n) is 4.95. The summed E-state index contributed by atoms with van der Waals surface area (Å²) in [5.41, 5.74) is 1.48. The molecule has 0 aliphatic carbocycles. The van der Waals surface area contributed by atoms with Crippen LogP contribution in [0.25, 0.3) is 0 Å². The van der Waals surface area contributed by atoms with Gasteiger partial charge in [0.05, 0.1) is 0 Å². The fraction of sp³-hybridized carbons (Fsp3) is 0.500. The molecular weight excluding hydrogens is 271 g/mol. The molecule has 0 heterocycles. The molecule has 13 heavy (non-hydrogen) atoms. The lowest BCUT2D eigenvalue weighted by atomic mass is 9.96. The molecule has 0 bridgehead atoms. The zero-order chi connectivity index (χ0) is 9.52. The van der Waals surface area contributed by atoms with Crippen LogP contribution < -0.4 is 0 Å². The third-order valence-corrected chi connectivity index (χ3v) is 3.15. The predicted octanol–water partition coefficient (Wildman–Crippen LogP) is 4.40. The largest absolute Gasteiger partial charge is 0.0864 e. The van der Waals surface area contributed by atoms with Gasteiger partial charge in [-0.15, -0.1) is 0 Å². The number of rotatable bonds is 5. The molecule has 0 saturated carbocycles. The minimum absolute atomic E-state index is 0.726. The predicted molar refractivity (Wildman–Crippen MR) is 67.6 cm³/mol. The van der Waals surface area contributed by atoms with E-state index in [1.807, 2.05) is 0 Å². The van der Waals surface area contributed by atoms with Gasteiger partial charge in [0.2, 0.25) is 0 Å². The molecule has 0 aliphatic heterocycles. The summed E-state index contributed by atoms with van der Waals surface area (Å²) in [5.74, 6) is 0.726. The molecule has 0 amide bonds. The Morgan fingerprint density at radius 2 is 1.85 bits per heavy atom. The van der Waals surface area contributed by atoms with Crippen LogP contribution in [0.2, 0.25) is 0 Å². The van der Waals surface area contributed by atoms with Gasteiger partial charge >= 0.3 is 0 Å². The van der Waals surface area contributed by atoms with E-state index in [4.69, 9.17) is 0 Å². The second kappa shape index (κ2) is 6.41. The van der Waals surface area contributed by atoms with Crippen molar-refractivity contribution >= 4 is 22.6 Å². The highest BCUT2D eigenvalue weighted by atomic mass is 127. The van der Waals surface area contributed by atoms with Crippen molar-refractivity contribution < 1.29 is 0 Å². The maximum atomic E-state index is 2.45. The Morgan fingerprint density at radius 3 is 2.46 bits per heavy atom. The van der Waals surface area contributed by atoms with E-state index in [9.17, 15) is 0 Å². The second-order valence-corrected chi connectivity index (χ2v) is 4.58. The van der Waals surface area contributed by atoms with Crippen molar-refractivity contribution in [2.45, 2.75) is 32.1 Å². The first-order valence-corrected chi connectivity index (χ1v) is 6.48. The van der Waals surface area contributed by atoms with Gasteiger partial charge in [0.1, 0.15) is 0 Å². The standard InChI is InChI=1S/C12H17I/c1-11(7-5-6-10-13)12-8-3-2-4-9-12/h2-4,8-9,11H,5-7,10H2,1H3.